The van der Waals surface area contributed by atoms with Crippen molar-refractivity contribution in [2.45, 2.75) is 50.8 Å². The van der Waals surface area contributed by atoms with Crippen LogP contribution in [-0.2, 0) is 15.4 Å². The summed E-state index contributed by atoms with van der Waals surface area (Å²) in [5, 5.41) is 0. The number of amides is 1. The van der Waals surface area contributed by atoms with E-state index < -0.39 is 15.9 Å². The molecule has 3 rings (SSSR count). The van der Waals surface area contributed by atoms with Crippen LogP contribution in [-0.4, -0.2) is 32.4 Å². The number of anilines is 2. The molecule has 0 unspecified atom stereocenters. The van der Waals surface area contributed by atoms with Gasteiger partial charge < -0.3 is 10.6 Å². The Balaban J connectivity index is 1.95. The molecular formula is C22H30N4O3S. The molecule has 7 nitrogen and oxygen atoms in total. The molecule has 8 heteroatoms. The van der Waals surface area contributed by atoms with Gasteiger partial charge in [-0.25, -0.2) is 18.1 Å². The van der Waals surface area contributed by atoms with Crippen LogP contribution in [0.2, 0.25) is 0 Å². The van der Waals surface area contributed by atoms with Gasteiger partial charge in [-0.1, -0.05) is 27.7 Å². The number of rotatable bonds is 4. The fraction of sp³-hybridized carbons (Fsp3) is 0.455. The zero-order valence-electron chi connectivity index (χ0n) is 18.0. The SMILES string of the molecule is CC1CCN(c2nc(C(C)(C)C)ccc2C(=O)NS(=O)(=O)c2ccc(N)cc2)CC1. The fourth-order valence-electron chi connectivity index (χ4n) is 3.39. The van der Waals surface area contributed by atoms with Crippen LogP contribution in [0.1, 0.15) is 56.6 Å². The predicted octanol–water partition coefficient (Wildman–Crippen LogP) is 3.32. The number of nitrogens with two attached hydrogens (primary N) is 1. The molecule has 30 heavy (non-hydrogen) atoms. The van der Waals surface area contributed by atoms with Crippen molar-refractivity contribution in [3.8, 4) is 0 Å². The van der Waals surface area contributed by atoms with Crippen molar-refractivity contribution in [1.82, 2.24) is 9.71 Å². The predicted molar refractivity (Wildman–Crippen MR) is 119 cm³/mol. The number of sulfonamides is 1. The van der Waals surface area contributed by atoms with E-state index in [2.05, 4.69) is 37.3 Å². The van der Waals surface area contributed by atoms with Crippen LogP contribution in [0, 0.1) is 5.92 Å². The van der Waals surface area contributed by atoms with Crippen LogP contribution >= 0.6 is 0 Å². The summed E-state index contributed by atoms with van der Waals surface area (Å²) in [5.74, 6) is 0.475. The molecule has 0 bridgehead atoms. The third-order valence-electron chi connectivity index (χ3n) is 5.39. The number of carbonyl (C=O) groups excluding carboxylic acids is 1. The van der Waals surface area contributed by atoms with E-state index in [9.17, 15) is 13.2 Å². The minimum Gasteiger partial charge on any atom is -0.399 e. The van der Waals surface area contributed by atoms with Crippen LogP contribution in [0.5, 0.6) is 0 Å². The quantitative estimate of drug-likeness (QED) is 0.721. The van der Waals surface area contributed by atoms with Gasteiger partial charge >= 0.3 is 0 Å². The Morgan fingerprint density at radius 1 is 1.10 bits per heavy atom. The number of hydrogen-bond donors (Lipinski definition) is 2. The summed E-state index contributed by atoms with van der Waals surface area (Å²) < 4.78 is 27.5. The largest absolute Gasteiger partial charge is 0.399 e. The van der Waals surface area contributed by atoms with Crippen LogP contribution < -0.4 is 15.4 Å². The molecular weight excluding hydrogens is 400 g/mol. The molecule has 2 aromatic rings. The summed E-state index contributed by atoms with van der Waals surface area (Å²) in [4.78, 5) is 19.9. The highest BCUT2D eigenvalue weighted by molar-refractivity contribution is 7.90. The monoisotopic (exact) mass is 430 g/mol. The zero-order chi connectivity index (χ0) is 22.1. The average molecular weight is 431 g/mol. The minimum absolute atomic E-state index is 0.0160. The van der Waals surface area contributed by atoms with Gasteiger partial charge in [-0.05, 0) is 55.2 Å². The van der Waals surface area contributed by atoms with Crippen LogP contribution in [0.25, 0.3) is 0 Å². The lowest BCUT2D eigenvalue weighted by Gasteiger charge is -2.33. The maximum absolute atomic E-state index is 13.0. The molecule has 1 aromatic heterocycles. The van der Waals surface area contributed by atoms with Crippen molar-refractivity contribution >= 4 is 27.4 Å². The molecule has 3 N–H and O–H groups in total. The highest BCUT2D eigenvalue weighted by Crippen LogP contribution is 2.29. The van der Waals surface area contributed by atoms with Crippen molar-refractivity contribution in [1.29, 1.82) is 0 Å². The Morgan fingerprint density at radius 2 is 1.70 bits per heavy atom. The molecule has 1 saturated heterocycles. The number of pyridine rings is 1. The first kappa shape index (κ1) is 22.1. The number of benzene rings is 1. The summed E-state index contributed by atoms with van der Waals surface area (Å²) >= 11 is 0. The molecule has 162 valence electrons. The van der Waals surface area contributed by atoms with Gasteiger partial charge in [-0.15, -0.1) is 0 Å². The maximum Gasteiger partial charge on any atom is 0.268 e. The summed E-state index contributed by atoms with van der Waals surface area (Å²) in [7, 11) is -4.02. The van der Waals surface area contributed by atoms with Gasteiger partial charge in [0.2, 0.25) is 0 Å². The lowest BCUT2D eigenvalue weighted by molar-refractivity contribution is 0.0981. The van der Waals surface area contributed by atoms with Crippen molar-refractivity contribution in [3.63, 3.8) is 0 Å². The number of carbonyl (C=O) groups is 1. The van der Waals surface area contributed by atoms with Crippen molar-refractivity contribution in [3.05, 3.63) is 47.7 Å². The molecule has 1 aliphatic rings. The van der Waals surface area contributed by atoms with Crippen LogP contribution in [0.15, 0.2) is 41.3 Å². The second-order valence-corrected chi connectivity index (χ2v) is 10.7. The van der Waals surface area contributed by atoms with Crippen molar-refractivity contribution < 1.29 is 13.2 Å². The van der Waals surface area contributed by atoms with E-state index in [0.29, 0.717) is 17.4 Å². The Hall–Kier alpha value is -2.61. The average Bonchev–Trinajstić information content (AvgIpc) is 2.67. The number of aromatic nitrogens is 1. The Morgan fingerprint density at radius 3 is 2.27 bits per heavy atom. The van der Waals surface area contributed by atoms with Gasteiger partial charge in [-0.2, -0.15) is 0 Å². The molecule has 0 saturated carbocycles. The molecule has 1 amide bonds. The Kier molecular flexibility index (Phi) is 6.08. The summed E-state index contributed by atoms with van der Waals surface area (Å²) in [6.45, 7) is 9.96. The number of nitrogens with one attached hydrogen (secondary N) is 1. The number of nitrogen functional groups attached to an aromatic ring is 1. The van der Waals surface area contributed by atoms with Crippen LogP contribution in [0.3, 0.4) is 0 Å². The van der Waals surface area contributed by atoms with E-state index in [1.165, 1.54) is 24.3 Å². The smallest absolute Gasteiger partial charge is 0.268 e. The van der Waals surface area contributed by atoms with Crippen molar-refractivity contribution in [2.24, 2.45) is 5.92 Å². The van der Waals surface area contributed by atoms with E-state index in [1.54, 1.807) is 12.1 Å². The van der Waals surface area contributed by atoms with Gasteiger partial charge in [0.15, 0.2) is 0 Å². The molecule has 1 fully saturated rings. The summed E-state index contributed by atoms with van der Waals surface area (Å²) in [6.07, 6.45) is 2.01. The molecule has 0 atom stereocenters. The van der Waals surface area contributed by atoms with E-state index in [-0.39, 0.29) is 15.9 Å². The summed E-state index contributed by atoms with van der Waals surface area (Å²) in [6, 6.07) is 9.19. The third-order valence-corrected chi connectivity index (χ3v) is 6.74. The van der Waals surface area contributed by atoms with E-state index in [0.717, 1.165) is 31.6 Å². The van der Waals surface area contributed by atoms with Gasteiger partial charge in [0.05, 0.1) is 10.5 Å². The van der Waals surface area contributed by atoms with E-state index in [1.807, 2.05) is 0 Å². The molecule has 2 heterocycles. The molecule has 0 aliphatic carbocycles. The summed E-state index contributed by atoms with van der Waals surface area (Å²) in [5.41, 5.74) is 7.00. The molecule has 0 spiro atoms. The Labute approximate surface area is 178 Å². The normalized spacial score (nSPS) is 15.8. The third kappa shape index (κ3) is 4.92. The highest BCUT2D eigenvalue weighted by atomic mass is 32.2. The number of hydrogen-bond acceptors (Lipinski definition) is 6. The van der Waals surface area contributed by atoms with Crippen LogP contribution in [0.4, 0.5) is 11.5 Å². The zero-order valence-corrected chi connectivity index (χ0v) is 18.8. The second-order valence-electron chi connectivity index (χ2n) is 8.99. The molecule has 0 radical (unpaired) electrons. The van der Waals surface area contributed by atoms with E-state index in [4.69, 9.17) is 10.7 Å². The van der Waals surface area contributed by atoms with Gasteiger partial charge in [-0.3, -0.25) is 4.79 Å². The second kappa shape index (κ2) is 8.26. The van der Waals surface area contributed by atoms with Gasteiger partial charge in [0.1, 0.15) is 5.82 Å². The minimum atomic E-state index is -4.02. The number of piperidine rings is 1. The molecule has 1 aromatic carbocycles. The Bertz CT molecular complexity index is 1020. The lowest BCUT2D eigenvalue weighted by Crippen LogP contribution is -2.37. The maximum atomic E-state index is 13.0. The van der Waals surface area contributed by atoms with Gasteiger partial charge in [0.25, 0.3) is 15.9 Å². The first-order valence-electron chi connectivity index (χ1n) is 10.2. The lowest BCUT2D eigenvalue weighted by atomic mass is 9.91. The first-order valence-corrected chi connectivity index (χ1v) is 11.6. The fourth-order valence-corrected chi connectivity index (χ4v) is 4.35. The first-order chi connectivity index (χ1) is 14.0. The topological polar surface area (TPSA) is 105 Å². The van der Waals surface area contributed by atoms with Crippen molar-refractivity contribution in [2.75, 3.05) is 23.7 Å². The van der Waals surface area contributed by atoms with Gasteiger partial charge in [0, 0.05) is 29.9 Å². The number of nitrogens with zero attached hydrogens (tertiary/aromatic N) is 2. The standard InChI is InChI=1S/C22H30N4O3S/c1-15-11-13-26(14-12-15)20-18(9-10-19(24-20)22(2,3)4)21(27)25-30(28,29)17-7-5-16(23)6-8-17/h5-10,15H,11-14,23H2,1-4H3,(H,25,27). The van der Waals surface area contributed by atoms with E-state index >= 15 is 0 Å². The highest BCUT2D eigenvalue weighted by Gasteiger charge is 2.27. The molecule has 1 aliphatic heterocycles.